The summed E-state index contributed by atoms with van der Waals surface area (Å²) in [5.74, 6) is -0.613. The highest BCUT2D eigenvalue weighted by atomic mass is 19.1. The summed E-state index contributed by atoms with van der Waals surface area (Å²) in [6, 6.07) is 10.1. The van der Waals surface area contributed by atoms with Gasteiger partial charge in [0.1, 0.15) is 11.9 Å². The van der Waals surface area contributed by atoms with Crippen molar-refractivity contribution in [2.45, 2.75) is 0 Å². The molecular formula is C14H11FN4O2. The number of rotatable bonds is 4. The molecule has 0 amide bonds. The number of benzene rings is 2. The van der Waals surface area contributed by atoms with Crippen molar-refractivity contribution in [3.05, 3.63) is 57.9 Å². The first-order valence-electron chi connectivity index (χ1n) is 5.97. The molecule has 0 atom stereocenters. The Bertz CT molecular complexity index is 740. The highest BCUT2D eigenvalue weighted by molar-refractivity contribution is 5.69. The van der Waals surface area contributed by atoms with Crippen molar-refractivity contribution in [2.24, 2.45) is 0 Å². The van der Waals surface area contributed by atoms with Crippen molar-refractivity contribution >= 4 is 22.7 Å². The first-order valence-corrected chi connectivity index (χ1v) is 5.97. The smallest absolute Gasteiger partial charge is 0.273 e. The fourth-order valence-electron chi connectivity index (χ4n) is 1.79. The van der Waals surface area contributed by atoms with Crippen LogP contribution in [-0.2, 0) is 0 Å². The molecule has 0 bridgehead atoms. The van der Waals surface area contributed by atoms with Crippen LogP contribution in [0, 0.1) is 27.3 Å². The second-order valence-corrected chi connectivity index (χ2v) is 4.21. The van der Waals surface area contributed by atoms with Crippen LogP contribution >= 0.6 is 0 Å². The Balaban J connectivity index is 2.37. The lowest BCUT2D eigenvalue weighted by atomic mass is 10.2. The van der Waals surface area contributed by atoms with Gasteiger partial charge in [0, 0.05) is 36.2 Å². The van der Waals surface area contributed by atoms with E-state index in [4.69, 9.17) is 5.26 Å². The molecule has 2 aromatic carbocycles. The topological polar surface area (TPSA) is 91.0 Å². The molecule has 0 spiro atoms. The number of halogens is 1. The standard InChI is InChI=1S/C14H11FN4O2/c1-17-11-5-12(7-13(6-11)19(20)21)18-10-2-3-14(15)9(4-10)8-16/h2-7,17-18H,1H3. The lowest BCUT2D eigenvalue weighted by molar-refractivity contribution is -0.384. The zero-order chi connectivity index (χ0) is 15.4. The van der Waals surface area contributed by atoms with Crippen LogP contribution in [-0.4, -0.2) is 12.0 Å². The number of nitro groups is 1. The Morgan fingerprint density at radius 3 is 2.52 bits per heavy atom. The Morgan fingerprint density at radius 2 is 1.90 bits per heavy atom. The van der Waals surface area contributed by atoms with Crippen LogP contribution in [0.2, 0.25) is 0 Å². The minimum absolute atomic E-state index is 0.0769. The molecule has 2 rings (SSSR count). The average Bonchev–Trinajstić information content (AvgIpc) is 2.48. The van der Waals surface area contributed by atoms with E-state index in [1.165, 1.54) is 24.3 Å². The fraction of sp³-hybridized carbons (Fsp3) is 0.0714. The van der Waals surface area contributed by atoms with Gasteiger partial charge in [-0.05, 0) is 24.3 Å². The van der Waals surface area contributed by atoms with Crippen molar-refractivity contribution in [1.29, 1.82) is 5.26 Å². The van der Waals surface area contributed by atoms with E-state index in [0.29, 0.717) is 17.1 Å². The molecule has 0 heterocycles. The van der Waals surface area contributed by atoms with E-state index in [2.05, 4.69) is 10.6 Å². The van der Waals surface area contributed by atoms with E-state index in [1.54, 1.807) is 19.2 Å². The summed E-state index contributed by atoms with van der Waals surface area (Å²) in [5, 5.41) is 25.4. The Hall–Kier alpha value is -3.14. The summed E-state index contributed by atoms with van der Waals surface area (Å²) in [6.45, 7) is 0. The third-order valence-electron chi connectivity index (χ3n) is 2.79. The largest absolute Gasteiger partial charge is 0.388 e. The average molecular weight is 286 g/mol. The minimum Gasteiger partial charge on any atom is -0.388 e. The normalized spacial score (nSPS) is 9.76. The number of nitrogens with zero attached hydrogens (tertiary/aromatic N) is 2. The summed E-state index contributed by atoms with van der Waals surface area (Å²) in [6.07, 6.45) is 0. The molecule has 0 aliphatic rings. The molecule has 0 aliphatic carbocycles. The van der Waals surface area contributed by atoms with Gasteiger partial charge in [0.05, 0.1) is 10.5 Å². The van der Waals surface area contributed by atoms with Crippen molar-refractivity contribution in [3.63, 3.8) is 0 Å². The van der Waals surface area contributed by atoms with Crippen LogP contribution in [0.4, 0.5) is 27.1 Å². The van der Waals surface area contributed by atoms with Crippen LogP contribution in [0.15, 0.2) is 36.4 Å². The van der Waals surface area contributed by atoms with Gasteiger partial charge in [0.25, 0.3) is 5.69 Å². The van der Waals surface area contributed by atoms with Gasteiger partial charge in [-0.15, -0.1) is 0 Å². The lowest BCUT2D eigenvalue weighted by Gasteiger charge is -2.09. The molecule has 0 saturated heterocycles. The molecule has 0 aromatic heterocycles. The molecule has 21 heavy (non-hydrogen) atoms. The fourth-order valence-corrected chi connectivity index (χ4v) is 1.79. The lowest BCUT2D eigenvalue weighted by Crippen LogP contribution is -1.97. The van der Waals surface area contributed by atoms with Crippen molar-refractivity contribution in [2.75, 3.05) is 17.7 Å². The number of nitro benzene ring substituents is 1. The summed E-state index contributed by atoms with van der Waals surface area (Å²) < 4.78 is 13.2. The van der Waals surface area contributed by atoms with Gasteiger partial charge in [-0.1, -0.05) is 0 Å². The van der Waals surface area contributed by atoms with Crippen molar-refractivity contribution in [1.82, 2.24) is 0 Å². The van der Waals surface area contributed by atoms with Gasteiger partial charge in [-0.3, -0.25) is 10.1 Å². The number of nitrogens with one attached hydrogen (secondary N) is 2. The number of non-ortho nitro benzene ring substituents is 1. The van der Waals surface area contributed by atoms with E-state index in [0.717, 1.165) is 6.07 Å². The van der Waals surface area contributed by atoms with Crippen LogP contribution in [0.5, 0.6) is 0 Å². The minimum atomic E-state index is -0.613. The maximum Gasteiger partial charge on any atom is 0.273 e. The third-order valence-corrected chi connectivity index (χ3v) is 2.79. The van der Waals surface area contributed by atoms with Crippen molar-refractivity contribution < 1.29 is 9.31 Å². The van der Waals surface area contributed by atoms with Gasteiger partial charge in [0.2, 0.25) is 0 Å². The molecule has 0 radical (unpaired) electrons. The van der Waals surface area contributed by atoms with Gasteiger partial charge in [-0.25, -0.2) is 4.39 Å². The van der Waals surface area contributed by atoms with Crippen LogP contribution in [0.1, 0.15) is 5.56 Å². The predicted molar refractivity (Wildman–Crippen MR) is 77.0 cm³/mol. The predicted octanol–water partition coefficient (Wildman–Crippen LogP) is 3.39. The molecule has 0 aliphatic heterocycles. The maximum atomic E-state index is 13.2. The van der Waals surface area contributed by atoms with E-state index < -0.39 is 10.7 Å². The van der Waals surface area contributed by atoms with E-state index in [-0.39, 0.29) is 11.3 Å². The summed E-state index contributed by atoms with van der Waals surface area (Å²) in [7, 11) is 1.65. The zero-order valence-corrected chi connectivity index (χ0v) is 11.1. The molecule has 0 fully saturated rings. The quantitative estimate of drug-likeness (QED) is 0.664. The van der Waals surface area contributed by atoms with Gasteiger partial charge in [0.15, 0.2) is 0 Å². The highest BCUT2D eigenvalue weighted by Gasteiger charge is 2.10. The van der Waals surface area contributed by atoms with Gasteiger partial charge in [-0.2, -0.15) is 5.26 Å². The first-order chi connectivity index (χ1) is 10.0. The van der Waals surface area contributed by atoms with E-state index in [9.17, 15) is 14.5 Å². The Kier molecular flexibility index (Phi) is 4.00. The van der Waals surface area contributed by atoms with Crippen molar-refractivity contribution in [3.8, 4) is 6.07 Å². The number of hydrogen-bond donors (Lipinski definition) is 2. The maximum absolute atomic E-state index is 13.2. The van der Waals surface area contributed by atoms with Crippen LogP contribution < -0.4 is 10.6 Å². The van der Waals surface area contributed by atoms with E-state index in [1.807, 2.05) is 0 Å². The highest BCUT2D eigenvalue weighted by Crippen LogP contribution is 2.27. The molecule has 0 unspecified atom stereocenters. The number of anilines is 3. The molecule has 2 aromatic rings. The van der Waals surface area contributed by atoms with Crippen LogP contribution in [0.3, 0.4) is 0 Å². The van der Waals surface area contributed by atoms with Gasteiger partial charge < -0.3 is 10.6 Å². The summed E-state index contributed by atoms with van der Waals surface area (Å²) in [5.41, 5.74) is 1.32. The first kappa shape index (κ1) is 14.3. The second kappa shape index (κ2) is 5.88. The molecule has 6 nitrogen and oxygen atoms in total. The molecule has 0 saturated carbocycles. The SMILES string of the molecule is CNc1cc(Nc2ccc(F)c(C#N)c2)cc([N+](=O)[O-])c1. The monoisotopic (exact) mass is 286 g/mol. The van der Waals surface area contributed by atoms with Gasteiger partial charge >= 0.3 is 0 Å². The van der Waals surface area contributed by atoms with E-state index >= 15 is 0 Å². The molecule has 2 N–H and O–H groups in total. The number of nitriles is 1. The molecular weight excluding hydrogens is 275 g/mol. The summed E-state index contributed by atoms with van der Waals surface area (Å²) in [4.78, 5) is 10.4. The molecule has 7 heteroatoms. The van der Waals surface area contributed by atoms with Crippen LogP contribution in [0.25, 0.3) is 0 Å². The molecule has 106 valence electrons. The second-order valence-electron chi connectivity index (χ2n) is 4.21. The zero-order valence-electron chi connectivity index (χ0n) is 11.1. The Labute approximate surface area is 120 Å². The third kappa shape index (κ3) is 3.25. The number of hydrogen-bond acceptors (Lipinski definition) is 5. The summed E-state index contributed by atoms with van der Waals surface area (Å²) >= 11 is 0. The Morgan fingerprint density at radius 1 is 1.19 bits per heavy atom.